The van der Waals surface area contributed by atoms with Crippen molar-refractivity contribution in [3.8, 4) is 0 Å². The monoisotopic (exact) mass is 198 g/mol. The highest BCUT2D eigenvalue weighted by atomic mass is 32.1. The molecule has 0 aliphatic heterocycles. The molecule has 0 atom stereocenters. The Bertz CT molecular complexity index is 201. The smallest absolute Gasteiger partial charge is 0.00744 e. The van der Waals surface area contributed by atoms with Gasteiger partial charge in [-0.1, -0.05) is 40.5 Å². The summed E-state index contributed by atoms with van der Waals surface area (Å²) in [5.74, 6) is 0. The Hall–Kier alpha value is -0.300. The van der Waals surface area contributed by atoms with Crippen molar-refractivity contribution in [3.05, 3.63) is 21.9 Å². The van der Waals surface area contributed by atoms with E-state index in [-0.39, 0.29) is 0 Å². The zero-order valence-corrected chi connectivity index (χ0v) is 10.2. The van der Waals surface area contributed by atoms with E-state index in [1.165, 1.54) is 25.7 Å². The Morgan fingerprint density at radius 2 is 1.77 bits per heavy atom. The molecule has 0 fully saturated rings. The Morgan fingerprint density at radius 3 is 2.23 bits per heavy atom. The molecule has 1 heterocycles. The second-order valence-corrected chi connectivity index (χ2v) is 4.18. The quantitative estimate of drug-likeness (QED) is 0.661. The van der Waals surface area contributed by atoms with Gasteiger partial charge in [-0.3, -0.25) is 0 Å². The van der Waals surface area contributed by atoms with E-state index < -0.39 is 0 Å². The van der Waals surface area contributed by atoms with Crippen molar-refractivity contribution in [1.82, 2.24) is 0 Å². The summed E-state index contributed by atoms with van der Waals surface area (Å²) >= 11 is 1.89. The summed E-state index contributed by atoms with van der Waals surface area (Å²) in [5, 5.41) is 2.20. The van der Waals surface area contributed by atoms with Crippen molar-refractivity contribution in [3.63, 3.8) is 0 Å². The van der Waals surface area contributed by atoms with Crippen LogP contribution >= 0.6 is 11.3 Å². The minimum atomic E-state index is 1.20. The molecule has 0 nitrogen and oxygen atoms in total. The lowest BCUT2D eigenvalue weighted by atomic mass is 10.1. The molecule has 1 aromatic heterocycles. The SMILES string of the molecule is CCC.CCCc1ccsc1CC. The molecule has 0 spiro atoms. The van der Waals surface area contributed by atoms with Crippen LogP contribution in [0.15, 0.2) is 11.4 Å². The Balaban J connectivity index is 0.000000424. The maximum atomic E-state index is 2.26. The molecular weight excluding hydrogens is 176 g/mol. The first kappa shape index (κ1) is 12.7. The van der Waals surface area contributed by atoms with Gasteiger partial charge in [-0.05, 0) is 29.9 Å². The average molecular weight is 198 g/mol. The molecule has 76 valence electrons. The molecule has 0 aliphatic rings. The summed E-state index contributed by atoms with van der Waals surface area (Å²) < 4.78 is 0. The number of hydrogen-bond acceptors (Lipinski definition) is 1. The summed E-state index contributed by atoms with van der Waals surface area (Å²) in [5.41, 5.74) is 1.56. The van der Waals surface area contributed by atoms with E-state index in [9.17, 15) is 0 Å². The summed E-state index contributed by atoms with van der Waals surface area (Å²) in [4.78, 5) is 1.57. The van der Waals surface area contributed by atoms with E-state index in [4.69, 9.17) is 0 Å². The van der Waals surface area contributed by atoms with Crippen LogP contribution in [0.5, 0.6) is 0 Å². The van der Waals surface area contributed by atoms with Gasteiger partial charge < -0.3 is 0 Å². The summed E-state index contributed by atoms with van der Waals surface area (Å²) in [7, 11) is 0. The van der Waals surface area contributed by atoms with Gasteiger partial charge in [0.05, 0.1) is 0 Å². The number of aryl methyl sites for hydroxylation is 2. The van der Waals surface area contributed by atoms with E-state index in [0.29, 0.717) is 0 Å². The highest BCUT2D eigenvalue weighted by Gasteiger charge is 1.98. The fourth-order valence-corrected chi connectivity index (χ4v) is 2.05. The summed E-state index contributed by atoms with van der Waals surface area (Å²) in [6.45, 7) is 8.71. The van der Waals surface area contributed by atoms with Crippen LogP contribution < -0.4 is 0 Å². The summed E-state index contributed by atoms with van der Waals surface area (Å²) in [6.07, 6.45) is 4.98. The van der Waals surface area contributed by atoms with E-state index >= 15 is 0 Å². The predicted molar refractivity (Wildman–Crippen MR) is 63.7 cm³/mol. The molecule has 1 aromatic rings. The normalized spacial score (nSPS) is 9.23. The van der Waals surface area contributed by atoms with Crippen LogP contribution in [0.2, 0.25) is 0 Å². The fraction of sp³-hybridized carbons (Fsp3) is 0.667. The molecule has 0 N–H and O–H groups in total. The van der Waals surface area contributed by atoms with Crippen LogP contribution in [0.1, 0.15) is 51.0 Å². The lowest BCUT2D eigenvalue weighted by Gasteiger charge is -1.96. The largest absolute Gasteiger partial charge is 0.149 e. The van der Waals surface area contributed by atoms with Crippen molar-refractivity contribution < 1.29 is 0 Å². The lowest BCUT2D eigenvalue weighted by Crippen LogP contribution is -1.83. The molecule has 0 aliphatic carbocycles. The van der Waals surface area contributed by atoms with E-state index in [1.807, 2.05) is 11.3 Å². The second kappa shape index (κ2) is 8.31. The van der Waals surface area contributed by atoms with E-state index in [1.54, 1.807) is 10.4 Å². The highest BCUT2D eigenvalue weighted by Crippen LogP contribution is 2.18. The Kier molecular flexibility index (Phi) is 8.11. The van der Waals surface area contributed by atoms with E-state index in [0.717, 1.165) is 0 Å². The van der Waals surface area contributed by atoms with Gasteiger partial charge in [-0.15, -0.1) is 11.3 Å². The van der Waals surface area contributed by atoms with Crippen molar-refractivity contribution in [2.75, 3.05) is 0 Å². The molecule has 1 rings (SSSR count). The van der Waals surface area contributed by atoms with Crippen LogP contribution in [-0.2, 0) is 12.8 Å². The number of rotatable bonds is 3. The van der Waals surface area contributed by atoms with Gasteiger partial charge in [0.25, 0.3) is 0 Å². The van der Waals surface area contributed by atoms with Gasteiger partial charge >= 0.3 is 0 Å². The van der Waals surface area contributed by atoms with Crippen LogP contribution in [0.4, 0.5) is 0 Å². The van der Waals surface area contributed by atoms with Crippen molar-refractivity contribution in [2.45, 2.75) is 53.4 Å². The standard InChI is InChI=1S/C9H14S.C3H8/c1-3-5-8-6-7-10-9(8)4-2;1-3-2/h6-7H,3-5H2,1-2H3;3H2,1-2H3. The zero-order chi connectivity index (χ0) is 10.1. The van der Waals surface area contributed by atoms with Gasteiger partial charge in [0.1, 0.15) is 0 Å². The third kappa shape index (κ3) is 5.09. The predicted octanol–water partition coefficient (Wildman–Crippen LogP) is 4.68. The third-order valence-electron chi connectivity index (χ3n) is 1.68. The molecule has 0 unspecified atom stereocenters. The molecule has 1 heteroatoms. The fourth-order valence-electron chi connectivity index (χ4n) is 1.17. The van der Waals surface area contributed by atoms with Gasteiger partial charge in [-0.2, -0.15) is 0 Å². The molecule has 0 radical (unpaired) electrons. The number of hydrogen-bond donors (Lipinski definition) is 0. The summed E-state index contributed by atoms with van der Waals surface area (Å²) in [6, 6.07) is 2.26. The molecule has 13 heavy (non-hydrogen) atoms. The lowest BCUT2D eigenvalue weighted by molar-refractivity contribution is 0.910. The van der Waals surface area contributed by atoms with Crippen molar-refractivity contribution in [1.29, 1.82) is 0 Å². The van der Waals surface area contributed by atoms with Crippen LogP contribution in [0.3, 0.4) is 0 Å². The minimum absolute atomic E-state index is 1.20. The zero-order valence-electron chi connectivity index (χ0n) is 9.39. The van der Waals surface area contributed by atoms with Crippen molar-refractivity contribution in [2.24, 2.45) is 0 Å². The topological polar surface area (TPSA) is 0 Å². The second-order valence-electron chi connectivity index (χ2n) is 3.18. The molecule has 0 saturated heterocycles. The first-order valence-corrected chi connectivity index (χ1v) is 6.23. The van der Waals surface area contributed by atoms with E-state index in [2.05, 4.69) is 39.1 Å². The molecular formula is C12H22S. The Labute approximate surface area is 87.0 Å². The van der Waals surface area contributed by atoms with Gasteiger partial charge in [-0.25, -0.2) is 0 Å². The Morgan fingerprint density at radius 1 is 1.15 bits per heavy atom. The highest BCUT2D eigenvalue weighted by molar-refractivity contribution is 7.10. The molecule has 0 amide bonds. The van der Waals surface area contributed by atoms with Crippen LogP contribution in [0.25, 0.3) is 0 Å². The van der Waals surface area contributed by atoms with Crippen LogP contribution in [-0.4, -0.2) is 0 Å². The maximum Gasteiger partial charge on any atom is 0.00744 e. The first-order chi connectivity index (χ1) is 6.29. The van der Waals surface area contributed by atoms with Gasteiger partial charge in [0.2, 0.25) is 0 Å². The van der Waals surface area contributed by atoms with Gasteiger partial charge in [0.15, 0.2) is 0 Å². The maximum absolute atomic E-state index is 2.26. The first-order valence-electron chi connectivity index (χ1n) is 5.35. The molecule has 0 bridgehead atoms. The van der Waals surface area contributed by atoms with Crippen LogP contribution in [0, 0.1) is 0 Å². The number of thiophene rings is 1. The molecule has 0 aromatic carbocycles. The molecule has 0 saturated carbocycles. The third-order valence-corrected chi connectivity index (χ3v) is 2.79. The van der Waals surface area contributed by atoms with Gasteiger partial charge in [0, 0.05) is 4.88 Å². The minimum Gasteiger partial charge on any atom is -0.149 e. The van der Waals surface area contributed by atoms with Crippen molar-refractivity contribution >= 4 is 11.3 Å². The average Bonchev–Trinajstić information content (AvgIpc) is 2.54.